The molecule has 1 aliphatic rings. The molecule has 12 nitrogen and oxygen atoms in total. The van der Waals surface area contributed by atoms with E-state index in [1.807, 2.05) is 6.07 Å². The molecule has 4 heterocycles. The zero-order valence-corrected chi connectivity index (χ0v) is 20.4. The van der Waals surface area contributed by atoms with E-state index in [0.29, 0.717) is 15.9 Å². The molecule has 0 radical (unpaired) electrons. The minimum absolute atomic E-state index is 0.132. The van der Waals surface area contributed by atoms with Gasteiger partial charge in [-0.2, -0.15) is 10.2 Å². The quantitative estimate of drug-likeness (QED) is 0.266. The number of carbonyl (C=O) groups is 3. The van der Waals surface area contributed by atoms with Gasteiger partial charge in [0.15, 0.2) is 11.5 Å². The Morgan fingerprint density at radius 1 is 1.00 bits per heavy atom. The Morgan fingerprint density at radius 3 is 2.47 bits per heavy atom. The number of thiophene rings is 1. The summed E-state index contributed by atoms with van der Waals surface area (Å²) in [4.78, 5) is 42.6. The maximum atomic E-state index is 13.3. The second-order valence-electron chi connectivity index (χ2n) is 8.60. The van der Waals surface area contributed by atoms with Gasteiger partial charge in [0, 0.05) is 37.6 Å². The zero-order chi connectivity index (χ0) is 25.4. The van der Waals surface area contributed by atoms with Crippen LogP contribution in [-0.4, -0.2) is 81.4 Å². The first kappa shape index (κ1) is 23.5. The second kappa shape index (κ2) is 9.43. The summed E-state index contributed by atoms with van der Waals surface area (Å²) in [7, 11) is 2.07. The van der Waals surface area contributed by atoms with Gasteiger partial charge in [0.1, 0.15) is 9.71 Å². The highest BCUT2D eigenvalue weighted by Crippen LogP contribution is 2.31. The average Bonchev–Trinajstić information content (AvgIpc) is 3.56. The molecule has 0 atom stereocenters. The molecule has 0 bridgehead atoms. The number of anilines is 3. The molecule has 36 heavy (non-hydrogen) atoms. The van der Waals surface area contributed by atoms with E-state index in [1.54, 1.807) is 25.1 Å². The highest BCUT2D eigenvalue weighted by Gasteiger charge is 2.22. The zero-order valence-electron chi connectivity index (χ0n) is 19.6. The lowest BCUT2D eigenvalue weighted by Crippen LogP contribution is -2.44. The van der Waals surface area contributed by atoms with E-state index >= 15 is 0 Å². The van der Waals surface area contributed by atoms with E-state index in [0.717, 1.165) is 48.9 Å². The van der Waals surface area contributed by atoms with E-state index in [2.05, 4.69) is 47.9 Å². The molecule has 4 aromatic rings. The third kappa shape index (κ3) is 4.65. The van der Waals surface area contributed by atoms with Crippen LogP contribution in [-0.2, 0) is 0 Å². The number of aryl methyl sites for hydroxylation is 1. The molecule has 0 spiro atoms. The first-order valence-electron chi connectivity index (χ1n) is 11.2. The molecule has 1 aromatic carbocycles. The molecule has 2 amide bonds. The molecule has 0 saturated carbocycles. The lowest BCUT2D eigenvalue weighted by atomic mass is 10.1. The van der Waals surface area contributed by atoms with E-state index in [-0.39, 0.29) is 22.0 Å². The van der Waals surface area contributed by atoms with Crippen LogP contribution in [0, 0.1) is 6.92 Å². The number of rotatable bonds is 6. The van der Waals surface area contributed by atoms with Crippen LogP contribution in [0.15, 0.2) is 30.3 Å². The Morgan fingerprint density at radius 2 is 1.78 bits per heavy atom. The van der Waals surface area contributed by atoms with Crippen molar-refractivity contribution in [3.63, 3.8) is 0 Å². The summed E-state index contributed by atoms with van der Waals surface area (Å²) in [5, 5.41) is 28.9. The number of likely N-dealkylation sites (N-methyl/N-ethyl adjacent to an activating group) is 1. The fourth-order valence-corrected chi connectivity index (χ4v) is 4.85. The van der Waals surface area contributed by atoms with Gasteiger partial charge >= 0.3 is 5.97 Å². The molecule has 13 heteroatoms. The lowest BCUT2D eigenvalue weighted by Gasteiger charge is -2.34. The molecule has 186 valence electrons. The van der Waals surface area contributed by atoms with Gasteiger partial charge in [-0.15, -0.1) is 11.3 Å². The van der Waals surface area contributed by atoms with Crippen molar-refractivity contribution >= 4 is 56.5 Å². The number of hydrogen-bond donors (Lipinski definition) is 5. The summed E-state index contributed by atoms with van der Waals surface area (Å²) >= 11 is 1.03. The van der Waals surface area contributed by atoms with Crippen molar-refractivity contribution in [3.8, 4) is 0 Å². The van der Waals surface area contributed by atoms with Gasteiger partial charge in [0.25, 0.3) is 11.8 Å². The maximum Gasteiger partial charge on any atom is 0.345 e. The fraction of sp³-hybridized carbons (Fsp3) is 0.261. The average molecular weight is 509 g/mol. The second-order valence-corrected chi connectivity index (χ2v) is 9.65. The number of aromatic carboxylic acids is 1. The Kier molecular flexibility index (Phi) is 6.16. The summed E-state index contributed by atoms with van der Waals surface area (Å²) in [5.41, 5.74) is 2.40. The Bertz CT molecular complexity index is 1460. The molecule has 1 aliphatic heterocycles. The SMILES string of the molecule is Cc1cc(C(=O)Nc2cc(N3CCN(C)CC3)ccc2C(=O)Nc2n[nH]c3sc(C(=O)O)cc23)n[nH]1. The highest BCUT2D eigenvalue weighted by atomic mass is 32.1. The Hall–Kier alpha value is -4.23. The molecule has 0 unspecified atom stereocenters. The Balaban J connectivity index is 1.45. The number of carboxylic acids is 1. The Labute approximate surface area is 209 Å². The summed E-state index contributed by atoms with van der Waals surface area (Å²) < 4.78 is 0. The van der Waals surface area contributed by atoms with Gasteiger partial charge in [-0.05, 0) is 44.3 Å². The number of hydrogen-bond acceptors (Lipinski definition) is 8. The predicted octanol–water partition coefficient (Wildman–Crippen LogP) is 2.61. The van der Waals surface area contributed by atoms with Crippen molar-refractivity contribution in [1.82, 2.24) is 25.3 Å². The van der Waals surface area contributed by atoms with Crippen LogP contribution in [0.5, 0.6) is 0 Å². The minimum Gasteiger partial charge on any atom is -0.477 e. The molecule has 0 aliphatic carbocycles. The molecule has 5 rings (SSSR count). The number of benzene rings is 1. The summed E-state index contributed by atoms with van der Waals surface area (Å²) in [6, 6.07) is 8.37. The van der Waals surface area contributed by atoms with Gasteiger partial charge in [-0.3, -0.25) is 19.8 Å². The van der Waals surface area contributed by atoms with Crippen LogP contribution in [0.2, 0.25) is 0 Å². The van der Waals surface area contributed by atoms with Crippen LogP contribution >= 0.6 is 11.3 Å². The van der Waals surface area contributed by atoms with E-state index in [1.165, 1.54) is 6.07 Å². The minimum atomic E-state index is -1.06. The number of carboxylic acid groups (broad SMARTS) is 1. The molecular weight excluding hydrogens is 484 g/mol. The number of aromatic nitrogens is 4. The van der Waals surface area contributed by atoms with Crippen molar-refractivity contribution in [2.24, 2.45) is 0 Å². The van der Waals surface area contributed by atoms with Gasteiger partial charge in [0.05, 0.1) is 16.6 Å². The van der Waals surface area contributed by atoms with Crippen molar-refractivity contribution in [2.45, 2.75) is 6.92 Å². The summed E-state index contributed by atoms with van der Waals surface area (Å²) in [6.07, 6.45) is 0. The first-order chi connectivity index (χ1) is 17.3. The number of carbonyl (C=O) groups excluding carboxylic acids is 2. The van der Waals surface area contributed by atoms with Crippen molar-refractivity contribution in [2.75, 3.05) is 48.8 Å². The predicted molar refractivity (Wildman–Crippen MR) is 136 cm³/mol. The van der Waals surface area contributed by atoms with Crippen molar-refractivity contribution in [1.29, 1.82) is 0 Å². The number of fused-ring (bicyclic) bond motifs is 1. The first-order valence-corrected chi connectivity index (χ1v) is 12.0. The van der Waals surface area contributed by atoms with Crippen LogP contribution in [0.3, 0.4) is 0 Å². The molecule has 1 saturated heterocycles. The molecule has 5 N–H and O–H groups in total. The number of aromatic amines is 2. The van der Waals surface area contributed by atoms with E-state index < -0.39 is 17.8 Å². The summed E-state index contributed by atoms with van der Waals surface area (Å²) in [5.74, 6) is -1.79. The van der Waals surface area contributed by atoms with Crippen molar-refractivity contribution < 1.29 is 19.5 Å². The van der Waals surface area contributed by atoms with Crippen LogP contribution in [0.25, 0.3) is 10.2 Å². The standard InChI is InChI=1S/C23H24N8O4S/c1-12-9-17(27-26-12)21(33)24-16-10-13(31-7-5-30(2)6-8-31)3-4-14(16)20(32)25-19-15-11-18(23(34)35)36-22(15)29-28-19/h3-4,9-11H,5-8H2,1-2H3,(H,24,33)(H,26,27)(H,34,35)(H2,25,28,29,32). The largest absolute Gasteiger partial charge is 0.477 e. The van der Waals surface area contributed by atoms with E-state index in [4.69, 9.17) is 0 Å². The van der Waals surface area contributed by atoms with Crippen LogP contribution < -0.4 is 15.5 Å². The van der Waals surface area contributed by atoms with Gasteiger partial charge in [-0.25, -0.2) is 4.79 Å². The normalized spacial score (nSPS) is 14.2. The molecule has 3 aromatic heterocycles. The number of H-pyrrole nitrogens is 2. The highest BCUT2D eigenvalue weighted by molar-refractivity contribution is 7.20. The molecular formula is C23H24N8O4S. The topological polar surface area (TPSA) is 159 Å². The molecule has 1 fully saturated rings. The van der Waals surface area contributed by atoms with Crippen LogP contribution in [0.1, 0.15) is 36.2 Å². The lowest BCUT2D eigenvalue weighted by molar-refractivity contribution is 0.0701. The maximum absolute atomic E-state index is 13.3. The van der Waals surface area contributed by atoms with Gasteiger partial charge < -0.3 is 25.5 Å². The summed E-state index contributed by atoms with van der Waals surface area (Å²) in [6.45, 7) is 5.25. The third-order valence-corrected chi connectivity index (χ3v) is 7.03. The monoisotopic (exact) mass is 508 g/mol. The number of nitrogens with one attached hydrogen (secondary N) is 4. The van der Waals surface area contributed by atoms with Gasteiger partial charge in [0.2, 0.25) is 0 Å². The van der Waals surface area contributed by atoms with E-state index in [9.17, 15) is 19.5 Å². The third-order valence-electron chi connectivity index (χ3n) is 6.00. The number of piperazine rings is 1. The number of amides is 2. The van der Waals surface area contributed by atoms with Crippen molar-refractivity contribution in [3.05, 3.63) is 52.2 Å². The number of nitrogens with zero attached hydrogens (tertiary/aromatic N) is 4. The smallest absolute Gasteiger partial charge is 0.345 e. The fourth-order valence-electron chi connectivity index (χ4n) is 4.01. The van der Waals surface area contributed by atoms with Crippen LogP contribution in [0.4, 0.5) is 17.2 Å². The van der Waals surface area contributed by atoms with Gasteiger partial charge in [-0.1, -0.05) is 0 Å².